The Kier molecular flexibility index (Phi) is 8.77. The maximum atomic E-state index is 7.06. The van der Waals surface area contributed by atoms with Gasteiger partial charge in [-0.05, 0) is 93.8 Å². The molecular weight excluding hydrogens is 733 g/mol. The first-order valence-electron chi connectivity index (χ1n) is 21.7. The predicted molar refractivity (Wildman–Crippen MR) is 251 cm³/mol. The van der Waals surface area contributed by atoms with E-state index >= 15 is 0 Å². The summed E-state index contributed by atoms with van der Waals surface area (Å²) >= 11 is 0. The van der Waals surface area contributed by atoms with Crippen LogP contribution in [0.2, 0.25) is 0 Å². The minimum atomic E-state index is -0.0252. The lowest BCUT2D eigenvalue weighted by Crippen LogP contribution is -2.46. The maximum absolute atomic E-state index is 7.06. The Hall–Kier alpha value is -6.01. The lowest BCUT2D eigenvalue weighted by Gasteiger charge is -2.40. The van der Waals surface area contributed by atoms with Crippen molar-refractivity contribution < 1.29 is 4.74 Å². The molecular formula is C55H55N4O+. The van der Waals surface area contributed by atoms with E-state index < -0.39 is 0 Å². The third kappa shape index (κ3) is 5.85. The fraction of sp³-hybridized carbons (Fsp3) is 0.236. The first-order chi connectivity index (χ1) is 28.9. The number of nitrogens with zero attached hydrogens (tertiary/aromatic N) is 4. The summed E-state index contributed by atoms with van der Waals surface area (Å²) in [6, 6.07) is 53.6. The topological polar surface area (TPSA) is 27.1 Å². The number of quaternary nitrogens is 2. The normalized spacial score (nSPS) is 18.4. The van der Waals surface area contributed by atoms with Crippen molar-refractivity contribution in [1.29, 1.82) is 0 Å². The van der Waals surface area contributed by atoms with Crippen LogP contribution < -0.4 is 13.9 Å². The van der Waals surface area contributed by atoms with Crippen molar-refractivity contribution in [3.05, 3.63) is 175 Å². The lowest BCUT2D eigenvalue weighted by molar-refractivity contribution is 0.422. The molecule has 0 spiro atoms. The molecule has 5 heteroatoms. The van der Waals surface area contributed by atoms with Gasteiger partial charge in [-0.3, -0.25) is 4.57 Å². The Morgan fingerprint density at radius 1 is 0.567 bits per heavy atom. The lowest BCUT2D eigenvalue weighted by atomic mass is 9.84. The number of rotatable bonds is 9. The smallest absolute Gasteiger partial charge is 0.225 e. The number of benzene rings is 6. The second-order valence-electron chi connectivity index (χ2n) is 18.9. The third-order valence-electron chi connectivity index (χ3n) is 13.2. The quantitative estimate of drug-likeness (QED) is 0.0828. The molecule has 2 aromatic heterocycles. The van der Waals surface area contributed by atoms with Crippen molar-refractivity contribution in [3.8, 4) is 28.4 Å². The fourth-order valence-electron chi connectivity index (χ4n) is 9.75. The maximum Gasteiger partial charge on any atom is 0.225 e. The Bertz CT molecular complexity index is 2950. The fourth-order valence-corrected chi connectivity index (χ4v) is 9.75. The van der Waals surface area contributed by atoms with E-state index in [1.165, 1.54) is 61.3 Å². The van der Waals surface area contributed by atoms with Crippen LogP contribution in [0.3, 0.4) is 0 Å². The van der Waals surface area contributed by atoms with Crippen LogP contribution in [0.25, 0.3) is 38.8 Å². The van der Waals surface area contributed by atoms with Crippen molar-refractivity contribution in [3.63, 3.8) is 0 Å². The molecule has 0 radical (unpaired) electrons. The van der Waals surface area contributed by atoms with Crippen molar-refractivity contribution in [2.24, 2.45) is 0 Å². The number of hydrogen-bond acceptors (Lipinski definition) is 2. The van der Waals surface area contributed by atoms with Crippen LogP contribution >= 0.6 is 0 Å². The predicted octanol–water partition coefficient (Wildman–Crippen LogP) is 15.5. The van der Waals surface area contributed by atoms with Gasteiger partial charge in [-0.1, -0.05) is 122 Å². The summed E-state index contributed by atoms with van der Waals surface area (Å²) < 4.78 is 10.6. The molecule has 5 nitrogen and oxygen atoms in total. The van der Waals surface area contributed by atoms with E-state index in [4.69, 9.17) is 9.72 Å². The minimum absolute atomic E-state index is 0.00386. The summed E-state index contributed by atoms with van der Waals surface area (Å²) in [6.45, 7) is 20.8. The van der Waals surface area contributed by atoms with E-state index in [0.29, 0.717) is 15.1 Å². The van der Waals surface area contributed by atoms with E-state index in [1.54, 1.807) is 0 Å². The van der Waals surface area contributed by atoms with Gasteiger partial charge in [0.15, 0.2) is 18.0 Å². The molecule has 2 aliphatic heterocycles. The SMILES string of the molecule is CCC(CC)c1cc(Oc2ccc3c4ccccc4n(-c4cc(C(C)(C)C)ccn4)c3c2)cc([N+]23[CH-][N@+]2(c2cc(-c4ccccc4)cc(C(C)(C)C)c2)c2ccccc23)c1. The zero-order valence-electron chi connectivity index (χ0n) is 36.2. The number of pyridine rings is 1. The van der Waals surface area contributed by atoms with Gasteiger partial charge in [-0.15, -0.1) is 0 Å². The summed E-state index contributed by atoms with van der Waals surface area (Å²) in [5, 5.41) is 2.38. The molecule has 0 N–H and O–H groups in total. The molecule has 0 saturated carbocycles. The second-order valence-corrected chi connectivity index (χ2v) is 18.9. The second kappa shape index (κ2) is 13.8. The van der Waals surface area contributed by atoms with Gasteiger partial charge >= 0.3 is 0 Å². The van der Waals surface area contributed by atoms with Gasteiger partial charge in [0.1, 0.15) is 17.3 Å². The Morgan fingerprint density at radius 2 is 1.22 bits per heavy atom. The molecule has 2 aliphatic rings. The monoisotopic (exact) mass is 787 g/mol. The van der Waals surface area contributed by atoms with Crippen LogP contribution in [0, 0.1) is 6.67 Å². The summed E-state index contributed by atoms with van der Waals surface area (Å²) in [5.41, 5.74) is 13.7. The molecule has 6 aromatic carbocycles. The van der Waals surface area contributed by atoms with Gasteiger partial charge < -0.3 is 4.74 Å². The number of aromatic nitrogens is 2. The molecule has 0 bridgehead atoms. The van der Waals surface area contributed by atoms with Crippen LogP contribution in [-0.2, 0) is 10.8 Å². The summed E-state index contributed by atoms with van der Waals surface area (Å²) in [4.78, 5) is 4.92. The highest BCUT2D eigenvalue weighted by atomic mass is 16.5. The van der Waals surface area contributed by atoms with Crippen molar-refractivity contribution in [2.75, 3.05) is 0 Å². The van der Waals surface area contributed by atoms with Crippen LogP contribution in [0.15, 0.2) is 152 Å². The Labute approximate surface area is 355 Å². The number of para-hydroxylation sites is 3. The highest BCUT2D eigenvalue weighted by Gasteiger charge is 2.78. The Balaban J connectivity index is 1.12. The number of hydrogen-bond donors (Lipinski definition) is 0. The molecule has 10 rings (SSSR count). The molecule has 300 valence electrons. The average Bonchev–Trinajstić information content (AvgIpc) is 3.74. The Morgan fingerprint density at radius 3 is 1.92 bits per heavy atom. The summed E-state index contributed by atoms with van der Waals surface area (Å²) in [5.74, 6) is 2.97. The molecule has 1 unspecified atom stereocenters. The first kappa shape index (κ1) is 38.2. The van der Waals surface area contributed by atoms with Gasteiger partial charge in [0.25, 0.3) is 0 Å². The number of fused-ring (bicyclic) bond motifs is 7. The molecule has 0 amide bonds. The van der Waals surface area contributed by atoms with E-state index in [1.807, 2.05) is 6.20 Å². The largest absolute Gasteiger partial charge is 0.457 e. The van der Waals surface area contributed by atoms with Crippen LogP contribution in [-0.4, -0.2) is 9.55 Å². The first-order valence-corrected chi connectivity index (χ1v) is 21.7. The van der Waals surface area contributed by atoms with E-state index in [9.17, 15) is 0 Å². The van der Waals surface area contributed by atoms with Gasteiger partial charge in [0.05, 0.1) is 11.0 Å². The van der Waals surface area contributed by atoms with E-state index in [0.717, 1.165) is 41.2 Å². The van der Waals surface area contributed by atoms with Crippen molar-refractivity contribution >= 4 is 44.6 Å². The van der Waals surface area contributed by atoms with Gasteiger partial charge in [0.2, 0.25) is 11.4 Å². The molecule has 1 fully saturated rings. The van der Waals surface area contributed by atoms with E-state index in [-0.39, 0.29) is 10.8 Å². The zero-order valence-corrected chi connectivity index (χ0v) is 36.2. The van der Waals surface area contributed by atoms with Crippen molar-refractivity contribution in [2.45, 2.75) is 85.0 Å². The van der Waals surface area contributed by atoms with Gasteiger partial charge in [-0.25, -0.2) is 4.98 Å². The molecule has 4 heterocycles. The van der Waals surface area contributed by atoms with Gasteiger partial charge in [0, 0.05) is 59.4 Å². The highest BCUT2D eigenvalue weighted by molar-refractivity contribution is 6.09. The molecule has 0 aliphatic carbocycles. The highest BCUT2D eigenvalue weighted by Crippen LogP contribution is 2.75. The molecule has 8 aromatic rings. The number of ether oxygens (including phenoxy) is 1. The van der Waals surface area contributed by atoms with Crippen LogP contribution in [0.4, 0.5) is 22.7 Å². The zero-order chi connectivity index (χ0) is 41.6. The summed E-state index contributed by atoms with van der Waals surface area (Å²) in [6.07, 6.45) is 4.05. The van der Waals surface area contributed by atoms with Crippen molar-refractivity contribution in [1.82, 2.24) is 18.7 Å². The molecule has 60 heavy (non-hydrogen) atoms. The minimum Gasteiger partial charge on any atom is -0.457 e. The molecule has 1 saturated heterocycles. The summed E-state index contributed by atoms with van der Waals surface area (Å²) in [7, 11) is 0. The van der Waals surface area contributed by atoms with Crippen LogP contribution in [0.5, 0.6) is 11.5 Å². The van der Waals surface area contributed by atoms with Gasteiger partial charge in [-0.2, -0.15) is 9.18 Å². The molecule has 2 atom stereocenters. The third-order valence-corrected chi connectivity index (χ3v) is 13.2. The van der Waals surface area contributed by atoms with Crippen LogP contribution in [0.1, 0.15) is 90.8 Å². The standard InChI is InChI=1S/C55H55N4O/c1-9-37(10-2)40-30-44(59-36-58(59,51-22-16-17-23-52(51)59)43-29-39(38-18-12-11-13-19-38)28-42(32-43)55(6,7)8)34-46(31-40)60-45-24-25-48-47-20-14-15-21-49(47)57(50(48)35-45)53-33-41(26-27-56-53)54(3,4)5/h11-37H,9-10H2,1-8H3/q+1/t58-,59?/m0/s1. The van der Waals surface area contributed by atoms with E-state index in [2.05, 4.69) is 212 Å². The average molecular weight is 788 g/mol.